The molecule has 21 heavy (non-hydrogen) atoms. The van der Waals surface area contributed by atoms with Crippen molar-refractivity contribution in [3.8, 4) is 5.75 Å². The zero-order chi connectivity index (χ0) is 15.0. The standard InChI is InChI=1S/C15H23N3O2S/c1-3-11(19)14-12(16)13(20-2)15(21-14)18-8-7-17-6-4-5-10(17)9-18/h10H,3-9,16H2,1-2H3. The third kappa shape index (κ3) is 2.51. The Labute approximate surface area is 129 Å². The van der Waals surface area contributed by atoms with Gasteiger partial charge in [-0.15, -0.1) is 11.3 Å². The second-order valence-electron chi connectivity index (χ2n) is 5.74. The molecular weight excluding hydrogens is 286 g/mol. The van der Waals surface area contributed by atoms with Crippen molar-refractivity contribution < 1.29 is 9.53 Å². The Morgan fingerprint density at radius 3 is 2.95 bits per heavy atom. The van der Waals surface area contributed by atoms with Gasteiger partial charge in [-0.1, -0.05) is 6.92 Å². The molecule has 116 valence electrons. The lowest BCUT2D eigenvalue weighted by Crippen LogP contribution is -2.50. The Hall–Kier alpha value is -1.27. The van der Waals surface area contributed by atoms with Crippen molar-refractivity contribution in [1.29, 1.82) is 0 Å². The maximum Gasteiger partial charge on any atom is 0.177 e. The van der Waals surface area contributed by atoms with E-state index in [0.29, 0.717) is 28.8 Å². The van der Waals surface area contributed by atoms with Gasteiger partial charge in [0.15, 0.2) is 11.5 Å². The van der Waals surface area contributed by atoms with Gasteiger partial charge in [0, 0.05) is 32.1 Å². The molecular formula is C15H23N3O2S. The Morgan fingerprint density at radius 1 is 1.43 bits per heavy atom. The Bertz CT molecular complexity index is 543. The SMILES string of the molecule is CCC(=O)c1sc(N2CCN3CCCC3C2)c(OC)c1N. The molecule has 1 aromatic rings. The van der Waals surface area contributed by atoms with Gasteiger partial charge in [-0.25, -0.2) is 0 Å². The molecule has 1 atom stereocenters. The number of thiophene rings is 1. The Morgan fingerprint density at radius 2 is 2.24 bits per heavy atom. The van der Waals surface area contributed by atoms with Gasteiger partial charge in [-0.05, 0) is 19.4 Å². The van der Waals surface area contributed by atoms with Crippen LogP contribution in [0.15, 0.2) is 0 Å². The van der Waals surface area contributed by atoms with Crippen LogP contribution < -0.4 is 15.4 Å². The average molecular weight is 309 g/mol. The second-order valence-corrected chi connectivity index (χ2v) is 6.74. The molecule has 3 rings (SSSR count). The minimum atomic E-state index is 0.0987. The van der Waals surface area contributed by atoms with Crippen LogP contribution in [0, 0.1) is 0 Å². The first-order valence-electron chi connectivity index (χ1n) is 7.64. The van der Waals surface area contributed by atoms with Crippen molar-refractivity contribution in [1.82, 2.24) is 4.90 Å². The van der Waals surface area contributed by atoms with Gasteiger partial charge in [0.05, 0.1) is 17.7 Å². The number of anilines is 2. The fourth-order valence-corrected chi connectivity index (χ4v) is 4.60. The van der Waals surface area contributed by atoms with Gasteiger partial charge < -0.3 is 15.4 Å². The van der Waals surface area contributed by atoms with Crippen molar-refractivity contribution in [2.45, 2.75) is 32.2 Å². The second kappa shape index (κ2) is 5.85. The zero-order valence-corrected chi connectivity index (χ0v) is 13.5. The highest BCUT2D eigenvalue weighted by atomic mass is 32.1. The van der Waals surface area contributed by atoms with Crippen molar-refractivity contribution in [3.05, 3.63) is 4.88 Å². The van der Waals surface area contributed by atoms with Gasteiger partial charge in [0.2, 0.25) is 0 Å². The number of hydrogen-bond donors (Lipinski definition) is 1. The number of Topliss-reactive ketones (excluding diaryl/α,β-unsaturated/α-hetero) is 1. The Kier molecular flexibility index (Phi) is 4.08. The van der Waals surface area contributed by atoms with Crippen LogP contribution in [0.5, 0.6) is 5.75 Å². The van der Waals surface area contributed by atoms with E-state index >= 15 is 0 Å². The first kappa shape index (κ1) is 14.7. The van der Waals surface area contributed by atoms with Crippen molar-refractivity contribution in [2.24, 2.45) is 0 Å². The molecule has 0 aliphatic carbocycles. The van der Waals surface area contributed by atoms with Gasteiger partial charge >= 0.3 is 0 Å². The number of nitrogens with zero attached hydrogens (tertiary/aromatic N) is 2. The largest absolute Gasteiger partial charge is 0.492 e. The summed E-state index contributed by atoms with van der Waals surface area (Å²) in [6, 6.07) is 0.636. The van der Waals surface area contributed by atoms with E-state index in [1.54, 1.807) is 7.11 Å². The van der Waals surface area contributed by atoms with E-state index in [2.05, 4.69) is 9.80 Å². The molecule has 2 fully saturated rings. The summed E-state index contributed by atoms with van der Waals surface area (Å²) in [5, 5.41) is 1.03. The molecule has 0 bridgehead atoms. The number of hydrogen-bond acceptors (Lipinski definition) is 6. The molecule has 2 aliphatic rings. The van der Waals surface area contributed by atoms with Gasteiger partial charge in [0.1, 0.15) is 5.00 Å². The lowest BCUT2D eigenvalue weighted by Gasteiger charge is -2.38. The summed E-state index contributed by atoms with van der Waals surface area (Å²) in [5.74, 6) is 0.782. The molecule has 5 nitrogen and oxygen atoms in total. The molecule has 2 aliphatic heterocycles. The molecule has 0 saturated carbocycles. The number of piperazine rings is 1. The molecule has 3 heterocycles. The minimum absolute atomic E-state index is 0.0987. The van der Waals surface area contributed by atoms with Crippen molar-refractivity contribution in [3.63, 3.8) is 0 Å². The number of carbonyl (C=O) groups is 1. The fourth-order valence-electron chi connectivity index (χ4n) is 3.37. The first-order chi connectivity index (χ1) is 10.2. The summed E-state index contributed by atoms with van der Waals surface area (Å²) in [4.78, 5) is 17.6. The number of carbonyl (C=O) groups excluding carboxylic acids is 1. The molecule has 1 aromatic heterocycles. The van der Waals surface area contributed by atoms with Crippen LogP contribution in [-0.2, 0) is 0 Å². The van der Waals surface area contributed by atoms with E-state index in [-0.39, 0.29) is 5.78 Å². The number of ether oxygens (including phenoxy) is 1. The van der Waals surface area contributed by atoms with Crippen LogP contribution in [-0.4, -0.2) is 50.0 Å². The lowest BCUT2D eigenvalue weighted by atomic mass is 10.1. The summed E-state index contributed by atoms with van der Waals surface area (Å²) >= 11 is 1.49. The summed E-state index contributed by atoms with van der Waals surface area (Å²) in [6.07, 6.45) is 3.03. The highest BCUT2D eigenvalue weighted by Crippen LogP contribution is 2.46. The van der Waals surface area contributed by atoms with E-state index in [1.807, 2.05) is 6.92 Å². The zero-order valence-electron chi connectivity index (χ0n) is 12.7. The van der Waals surface area contributed by atoms with Crippen LogP contribution in [0.1, 0.15) is 35.9 Å². The van der Waals surface area contributed by atoms with E-state index in [9.17, 15) is 4.79 Å². The summed E-state index contributed by atoms with van der Waals surface area (Å²) in [5.41, 5.74) is 6.64. The highest BCUT2D eigenvalue weighted by molar-refractivity contribution is 7.19. The average Bonchev–Trinajstić information content (AvgIpc) is 3.09. The summed E-state index contributed by atoms with van der Waals surface area (Å²) < 4.78 is 5.49. The molecule has 2 saturated heterocycles. The number of fused-ring (bicyclic) bond motifs is 1. The van der Waals surface area contributed by atoms with Gasteiger partial charge in [-0.3, -0.25) is 9.69 Å². The summed E-state index contributed by atoms with van der Waals surface area (Å²) in [7, 11) is 1.63. The molecule has 0 amide bonds. The van der Waals surface area contributed by atoms with E-state index in [0.717, 1.165) is 24.6 Å². The molecule has 0 aromatic carbocycles. The van der Waals surface area contributed by atoms with Crippen molar-refractivity contribution >= 4 is 27.8 Å². The predicted octanol–water partition coefficient (Wildman–Crippen LogP) is 2.22. The number of rotatable bonds is 4. The molecule has 2 N–H and O–H groups in total. The van der Waals surface area contributed by atoms with E-state index in [4.69, 9.17) is 10.5 Å². The normalized spacial score (nSPS) is 22.4. The first-order valence-corrected chi connectivity index (χ1v) is 8.45. The van der Waals surface area contributed by atoms with Crippen LogP contribution in [0.2, 0.25) is 0 Å². The lowest BCUT2D eigenvalue weighted by molar-refractivity contribution is 0.0992. The highest BCUT2D eigenvalue weighted by Gasteiger charge is 2.33. The number of ketones is 1. The Balaban J connectivity index is 1.89. The van der Waals surface area contributed by atoms with Gasteiger partial charge in [0.25, 0.3) is 0 Å². The monoisotopic (exact) mass is 309 g/mol. The van der Waals surface area contributed by atoms with Crippen molar-refractivity contribution in [2.75, 3.05) is 43.9 Å². The maximum absolute atomic E-state index is 12.0. The molecule has 0 radical (unpaired) electrons. The van der Waals surface area contributed by atoms with Gasteiger partial charge in [-0.2, -0.15) is 0 Å². The maximum atomic E-state index is 12.0. The third-order valence-electron chi connectivity index (χ3n) is 4.54. The van der Waals surface area contributed by atoms with Crippen LogP contribution in [0.4, 0.5) is 10.7 Å². The topological polar surface area (TPSA) is 58.8 Å². The predicted molar refractivity (Wildman–Crippen MR) is 86.7 cm³/mol. The fraction of sp³-hybridized carbons (Fsp3) is 0.667. The van der Waals surface area contributed by atoms with Crippen LogP contribution in [0.3, 0.4) is 0 Å². The van der Waals surface area contributed by atoms with E-state index < -0.39 is 0 Å². The minimum Gasteiger partial charge on any atom is -0.492 e. The number of methoxy groups -OCH3 is 1. The molecule has 6 heteroatoms. The number of nitrogen functional groups attached to an aromatic ring is 1. The quantitative estimate of drug-likeness (QED) is 0.864. The van der Waals surface area contributed by atoms with Crippen LogP contribution in [0.25, 0.3) is 0 Å². The van der Waals surface area contributed by atoms with Crippen LogP contribution >= 0.6 is 11.3 Å². The molecule has 0 spiro atoms. The van der Waals surface area contributed by atoms with E-state index in [1.165, 1.54) is 30.7 Å². The third-order valence-corrected chi connectivity index (χ3v) is 5.82. The summed E-state index contributed by atoms with van der Waals surface area (Å²) in [6.45, 7) is 6.16. The molecule has 1 unspecified atom stereocenters. The number of nitrogens with two attached hydrogens (primary N) is 1. The smallest absolute Gasteiger partial charge is 0.177 e.